The Hall–Kier alpha value is -5.23. The first-order valence-corrected chi connectivity index (χ1v) is 16.1. The van der Waals surface area contributed by atoms with Gasteiger partial charge in [0.15, 0.2) is 17.6 Å². The lowest BCUT2D eigenvalue weighted by molar-refractivity contribution is -0.664. The number of hydrogen-bond donors (Lipinski definition) is 0. The summed E-state index contributed by atoms with van der Waals surface area (Å²) < 4.78 is 10.1. The molecule has 0 radical (unpaired) electrons. The van der Waals surface area contributed by atoms with Crippen LogP contribution < -0.4 is 14.2 Å². The van der Waals surface area contributed by atoms with Gasteiger partial charge in [0.2, 0.25) is 11.7 Å². The number of ether oxygens (including phenoxy) is 1. The van der Waals surface area contributed by atoms with Gasteiger partial charge in [-0.15, -0.1) is 0 Å². The van der Waals surface area contributed by atoms with Gasteiger partial charge in [0.05, 0.1) is 25.8 Å². The number of hydrogen-bond acceptors (Lipinski definition) is 3. The van der Waals surface area contributed by atoms with Gasteiger partial charge in [-0.05, 0) is 64.1 Å². The van der Waals surface area contributed by atoms with Crippen LogP contribution in [0, 0.1) is 12.8 Å². The van der Waals surface area contributed by atoms with Crippen LogP contribution >= 0.6 is 0 Å². The Morgan fingerprint density at radius 2 is 1.61 bits per heavy atom. The van der Waals surface area contributed by atoms with E-state index < -0.39 is 0 Å². The van der Waals surface area contributed by atoms with E-state index in [4.69, 9.17) is 4.74 Å². The van der Waals surface area contributed by atoms with E-state index in [9.17, 15) is 9.59 Å². The number of amides is 1. The molecule has 0 bridgehead atoms. The van der Waals surface area contributed by atoms with Crippen molar-refractivity contribution in [2.24, 2.45) is 5.92 Å². The molecule has 0 unspecified atom stereocenters. The first kappa shape index (κ1) is 28.3. The highest BCUT2D eigenvalue weighted by Crippen LogP contribution is 2.52. The van der Waals surface area contributed by atoms with Crippen molar-refractivity contribution in [3.8, 4) is 5.75 Å². The summed E-state index contributed by atoms with van der Waals surface area (Å²) >= 11 is 0. The van der Waals surface area contributed by atoms with Crippen molar-refractivity contribution in [1.82, 2.24) is 4.57 Å². The van der Waals surface area contributed by atoms with E-state index in [1.807, 2.05) is 72.5 Å². The number of nitrogens with zero attached hydrogens (tertiary/aromatic N) is 3. The van der Waals surface area contributed by atoms with E-state index in [1.54, 1.807) is 7.11 Å². The van der Waals surface area contributed by atoms with E-state index in [1.165, 1.54) is 16.7 Å². The lowest BCUT2D eigenvalue weighted by Crippen LogP contribution is -2.42. The number of carbonyl (C=O) groups excluding carboxylic acids is 2. The van der Waals surface area contributed by atoms with Crippen molar-refractivity contribution in [3.05, 3.63) is 137 Å². The van der Waals surface area contributed by atoms with Crippen LogP contribution in [0.1, 0.15) is 45.2 Å². The molecular weight excluding hydrogens is 570 g/mol. The fraction of sp³-hybridized carbons (Fsp3) is 0.225. The molecular formula is C40H36N3O3+. The first-order chi connectivity index (χ1) is 22.5. The zero-order chi connectivity index (χ0) is 31.4. The Kier molecular flexibility index (Phi) is 6.93. The summed E-state index contributed by atoms with van der Waals surface area (Å²) in [6, 6.07) is 37.0. The van der Waals surface area contributed by atoms with Gasteiger partial charge in [0.25, 0.3) is 5.82 Å². The number of aryl methyl sites for hydroxylation is 1. The molecule has 6 nitrogen and oxygen atoms in total. The van der Waals surface area contributed by atoms with Crippen molar-refractivity contribution in [2.45, 2.75) is 38.8 Å². The number of rotatable bonds is 7. The van der Waals surface area contributed by atoms with Crippen LogP contribution in [-0.4, -0.2) is 29.9 Å². The summed E-state index contributed by atoms with van der Waals surface area (Å²) in [5.74, 6) is 2.42. The second-order valence-electron chi connectivity index (χ2n) is 12.6. The molecule has 8 rings (SSSR count). The molecule has 0 N–H and O–H groups in total. The standard InChI is InChI=1S/C40H36N3O3/c1-26-41(34-15-7-8-16-35(34)42(26)25-36(44)30-19-18-27-10-3-4-11-28(27)22-30)21-20-38(45)43-24-31-23-29-12-5-6-13-32(29)39(31)33-14-9-17-37(46-2)40(33)43/h3-19,22,31,39H,20-21,23-25H2,1-2H3/q+1/t31-,39+/m0/s1. The highest BCUT2D eigenvalue weighted by atomic mass is 16.5. The van der Waals surface area contributed by atoms with Gasteiger partial charge in [-0.2, -0.15) is 0 Å². The largest absolute Gasteiger partial charge is 0.495 e. The Bertz CT molecular complexity index is 2160. The number of ketones is 1. The average Bonchev–Trinajstić information content (AvgIpc) is 3.60. The molecule has 0 saturated heterocycles. The molecule has 1 aliphatic heterocycles. The lowest BCUT2D eigenvalue weighted by Gasteiger charge is -2.38. The SMILES string of the molecule is COc1cccc2c1N(C(=O)CCn1c(C)[n+](CC(=O)c3ccc4ccccc4c3)c3ccccc31)C[C@@H]1Cc3ccccc3[C@H]21. The van der Waals surface area contributed by atoms with Gasteiger partial charge in [0.1, 0.15) is 5.75 Å². The predicted octanol–water partition coefficient (Wildman–Crippen LogP) is 7.02. The van der Waals surface area contributed by atoms with Crippen LogP contribution in [0.5, 0.6) is 5.75 Å². The van der Waals surface area contributed by atoms with Crippen molar-refractivity contribution < 1.29 is 18.9 Å². The number of imidazole rings is 1. The minimum Gasteiger partial charge on any atom is -0.495 e. The molecule has 2 aliphatic rings. The summed E-state index contributed by atoms with van der Waals surface area (Å²) in [7, 11) is 1.68. The number of Topliss-reactive ketones (excluding diaryl/α,β-unsaturated/α-hetero) is 1. The van der Waals surface area contributed by atoms with E-state index in [0.29, 0.717) is 31.0 Å². The molecule has 0 fully saturated rings. The maximum atomic E-state index is 14.2. The third-order valence-electron chi connectivity index (χ3n) is 10.1. The molecule has 46 heavy (non-hydrogen) atoms. The molecule has 1 amide bonds. The Morgan fingerprint density at radius 3 is 2.48 bits per heavy atom. The van der Waals surface area contributed by atoms with Gasteiger partial charge in [-0.3, -0.25) is 9.59 Å². The number of para-hydroxylation sites is 3. The van der Waals surface area contributed by atoms with Gasteiger partial charge in [-0.25, -0.2) is 9.13 Å². The molecule has 0 saturated carbocycles. The molecule has 2 atom stereocenters. The van der Waals surface area contributed by atoms with E-state index >= 15 is 0 Å². The normalized spacial score (nSPS) is 16.7. The van der Waals surface area contributed by atoms with Crippen LogP contribution in [-0.2, 0) is 24.3 Å². The van der Waals surface area contributed by atoms with Gasteiger partial charge >= 0.3 is 0 Å². The highest BCUT2D eigenvalue weighted by Gasteiger charge is 2.42. The van der Waals surface area contributed by atoms with Gasteiger partial charge in [0, 0.05) is 24.9 Å². The fourth-order valence-corrected chi connectivity index (χ4v) is 7.90. The second kappa shape index (κ2) is 11.3. The topological polar surface area (TPSA) is 55.4 Å². The Balaban J connectivity index is 1.08. The van der Waals surface area contributed by atoms with Crippen LogP contribution in [0.25, 0.3) is 21.8 Å². The summed E-state index contributed by atoms with van der Waals surface area (Å²) in [5, 5.41) is 2.17. The molecule has 1 aliphatic carbocycles. The number of benzene rings is 5. The number of anilines is 1. The fourth-order valence-electron chi connectivity index (χ4n) is 7.90. The highest BCUT2D eigenvalue weighted by molar-refractivity contribution is 5.99. The van der Waals surface area contributed by atoms with Crippen molar-refractivity contribution in [2.75, 3.05) is 18.6 Å². The van der Waals surface area contributed by atoms with Crippen LogP contribution in [0.3, 0.4) is 0 Å². The Morgan fingerprint density at radius 1 is 0.848 bits per heavy atom. The molecule has 1 aromatic heterocycles. The number of fused-ring (bicyclic) bond motifs is 7. The van der Waals surface area contributed by atoms with Crippen LogP contribution in [0.2, 0.25) is 0 Å². The minimum absolute atomic E-state index is 0.0574. The van der Waals surface area contributed by atoms with Crippen molar-refractivity contribution in [1.29, 1.82) is 0 Å². The summed E-state index contributed by atoms with van der Waals surface area (Å²) in [6.45, 7) is 3.44. The maximum absolute atomic E-state index is 14.2. The third-order valence-corrected chi connectivity index (χ3v) is 10.1. The van der Waals surface area contributed by atoms with E-state index in [2.05, 4.69) is 57.7 Å². The summed E-state index contributed by atoms with van der Waals surface area (Å²) in [5.41, 5.74) is 7.51. The van der Waals surface area contributed by atoms with Crippen LogP contribution in [0.4, 0.5) is 5.69 Å². The molecule has 228 valence electrons. The lowest BCUT2D eigenvalue weighted by atomic mass is 9.81. The predicted molar refractivity (Wildman–Crippen MR) is 181 cm³/mol. The smallest absolute Gasteiger partial charge is 0.254 e. The zero-order valence-corrected chi connectivity index (χ0v) is 26.1. The Labute approximate surface area is 268 Å². The molecule has 2 heterocycles. The van der Waals surface area contributed by atoms with E-state index in [-0.39, 0.29) is 24.2 Å². The van der Waals surface area contributed by atoms with Gasteiger partial charge in [-0.1, -0.05) is 84.9 Å². The van der Waals surface area contributed by atoms with Gasteiger partial charge < -0.3 is 9.64 Å². The number of carbonyl (C=O) groups is 2. The van der Waals surface area contributed by atoms with Crippen molar-refractivity contribution >= 4 is 39.2 Å². The molecule has 6 aromatic rings. The molecule has 6 heteroatoms. The third kappa shape index (κ3) is 4.59. The molecule has 0 spiro atoms. The monoisotopic (exact) mass is 606 g/mol. The zero-order valence-electron chi connectivity index (χ0n) is 26.1. The number of methoxy groups -OCH3 is 1. The second-order valence-corrected chi connectivity index (χ2v) is 12.6. The molecule has 5 aromatic carbocycles. The maximum Gasteiger partial charge on any atom is 0.254 e. The average molecular weight is 607 g/mol. The van der Waals surface area contributed by atoms with Crippen molar-refractivity contribution in [3.63, 3.8) is 0 Å². The van der Waals surface area contributed by atoms with Crippen LogP contribution in [0.15, 0.2) is 109 Å². The minimum atomic E-state index is 0.0574. The quantitative estimate of drug-likeness (QED) is 0.145. The summed E-state index contributed by atoms with van der Waals surface area (Å²) in [4.78, 5) is 29.7. The van der Waals surface area contributed by atoms with E-state index in [0.717, 1.165) is 45.5 Å². The first-order valence-electron chi connectivity index (χ1n) is 16.1. The summed E-state index contributed by atoms with van der Waals surface area (Å²) in [6.07, 6.45) is 1.30. The number of aromatic nitrogens is 2.